The monoisotopic (exact) mass is 231 g/mol. The number of halogens is 2. The summed E-state index contributed by atoms with van der Waals surface area (Å²) in [7, 11) is 0. The fourth-order valence-corrected chi connectivity index (χ4v) is 2.60. The molecule has 1 nitrogen and oxygen atoms in total. The van der Waals surface area contributed by atoms with Crippen molar-refractivity contribution in [3.8, 4) is 0 Å². The van der Waals surface area contributed by atoms with Gasteiger partial charge in [-0.2, -0.15) is 4.57 Å². The van der Waals surface area contributed by atoms with E-state index in [2.05, 4.69) is 0 Å². The highest BCUT2D eigenvalue weighted by Crippen LogP contribution is 2.20. The van der Waals surface area contributed by atoms with E-state index in [1.165, 1.54) is 11.3 Å². The Bertz CT molecular complexity index is 427. The van der Waals surface area contributed by atoms with E-state index in [1.807, 2.05) is 35.8 Å². The number of benzene rings is 1. The minimum Gasteiger partial charge on any atom is -1.00 e. The van der Waals surface area contributed by atoms with Crippen molar-refractivity contribution < 1.29 is 21.4 Å². The zero-order chi connectivity index (χ0) is 9.26. The molecule has 0 aliphatic carbocycles. The van der Waals surface area contributed by atoms with Crippen LogP contribution in [0.2, 0.25) is 0 Å². The van der Waals surface area contributed by atoms with Gasteiger partial charge in [0.2, 0.25) is 5.52 Å². The molecule has 76 valence electrons. The molecule has 1 heterocycles. The van der Waals surface area contributed by atoms with Crippen LogP contribution >= 0.6 is 11.3 Å². The van der Waals surface area contributed by atoms with Crippen LogP contribution < -0.4 is 17.0 Å². The fraction of sp³-hybridized carbons (Fsp3) is 0.300. The summed E-state index contributed by atoms with van der Waals surface area (Å²) in [5.74, 6) is 0. The van der Waals surface area contributed by atoms with E-state index in [0.29, 0.717) is 0 Å². The summed E-state index contributed by atoms with van der Waals surface area (Å²) in [4.78, 5) is 0. The molecule has 0 amide bonds. The van der Waals surface area contributed by atoms with E-state index in [1.54, 1.807) is 0 Å². The number of fused-ring (bicyclic) bond motifs is 1. The molecule has 1 aromatic carbocycles. The largest absolute Gasteiger partial charge is 1.00 e. The van der Waals surface area contributed by atoms with Crippen LogP contribution in [-0.4, -0.2) is 0 Å². The van der Waals surface area contributed by atoms with Crippen LogP contribution in [0.5, 0.6) is 0 Å². The zero-order valence-electron chi connectivity index (χ0n) is 7.84. The Hall–Kier alpha value is -0.670. The van der Waals surface area contributed by atoms with Crippen LogP contribution in [0, 0.1) is 0 Å². The average Bonchev–Trinajstić information content (AvgIpc) is 2.55. The van der Waals surface area contributed by atoms with Gasteiger partial charge in [-0.15, -0.1) is 0 Å². The topological polar surface area (TPSA) is 3.88 Å². The molecule has 1 aromatic heterocycles. The Morgan fingerprint density at radius 3 is 2.71 bits per heavy atom. The summed E-state index contributed by atoms with van der Waals surface area (Å²) in [6.45, 7) is 2.51. The van der Waals surface area contributed by atoms with E-state index >= 15 is 0 Å². The number of hydrogen-bond acceptors (Lipinski definition) is 1. The van der Waals surface area contributed by atoms with E-state index in [-0.39, 0.29) is 19.1 Å². The molecule has 14 heavy (non-hydrogen) atoms. The first kappa shape index (κ1) is 11.4. The molecule has 0 unspecified atom stereocenters. The molecule has 0 saturated heterocycles. The number of aryl methyl sites for hydroxylation is 1. The Balaban J connectivity index is 0.000000980. The molecule has 0 aliphatic rings. The van der Waals surface area contributed by atoms with E-state index in [9.17, 15) is 4.39 Å². The van der Waals surface area contributed by atoms with Gasteiger partial charge in [0.25, 0.3) is 5.01 Å². The maximum atomic E-state index is 12.6. The van der Waals surface area contributed by atoms with Gasteiger partial charge < -0.3 is 12.4 Å². The lowest BCUT2D eigenvalue weighted by molar-refractivity contribution is -0.671. The number of rotatable bonds is 2. The van der Waals surface area contributed by atoms with Gasteiger partial charge in [-0.25, -0.2) is 4.39 Å². The average molecular weight is 232 g/mol. The standard InChI is InChI=1S/C10H11FNS.ClH/c1-2-12-8-5-3-4-6-9(8)13-10(12)7-11;/h3-6H,2,7H2,1H3;1H/q+1;/p-1. The summed E-state index contributed by atoms with van der Waals surface area (Å²) < 4.78 is 15.8. The third-order valence-corrected chi connectivity index (χ3v) is 3.25. The molecule has 0 N–H and O–H groups in total. The Morgan fingerprint density at radius 1 is 1.36 bits per heavy atom. The normalized spacial score (nSPS) is 10.1. The summed E-state index contributed by atoms with van der Waals surface area (Å²) >= 11 is 1.54. The fourth-order valence-electron chi connectivity index (χ4n) is 1.53. The lowest BCUT2D eigenvalue weighted by Crippen LogP contribution is -3.00. The highest BCUT2D eigenvalue weighted by molar-refractivity contribution is 7.18. The molecule has 2 rings (SSSR count). The van der Waals surface area contributed by atoms with Gasteiger partial charge in [0.15, 0.2) is 6.67 Å². The first-order valence-electron chi connectivity index (χ1n) is 4.33. The third kappa shape index (κ3) is 1.74. The molecule has 0 fully saturated rings. The quantitative estimate of drug-likeness (QED) is 0.624. The summed E-state index contributed by atoms with van der Waals surface area (Å²) in [5.41, 5.74) is 1.14. The molecule has 0 saturated carbocycles. The number of para-hydroxylation sites is 1. The van der Waals surface area contributed by atoms with Gasteiger partial charge in [-0.05, 0) is 13.0 Å². The maximum Gasteiger partial charge on any atom is 0.269 e. The van der Waals surface area contributed by atoms with Crippen molar-refractivity contribution >= 4 is 21.6 Å². The maximum absolute atomic E-state index is 12.6. The van der Waals surface area contributed by atoms with Gasteiger partial charge >= 0.3 is 0 Å². The highest BCUT2D eigenvalue weighted by Gasteiger charge is 2.17. The van der Waals surface area contributed by atoms with Crippen molar-refractivity contribution in [1.82, 2.24) is 0 Å². The molecule has 2 aromatic rings. The van der Waals surface area contributed by atoms with Crippen LogP contribution in [0.3, 0.4) is 0 Å². The first-order valence-corrected chi connectivity index (χ1v) is 5.14. The van der Waals surface area contributed by atoms with Crippen molar-refractivity contribution in [2.45, 2.75) is 20.1 Å². The lowest BCUT2D eigenvalue weighted by Gasteiger charge is -1.89. The Labute approximate surface area is 92.6 Å². The van der Waals surface area contributed by atoms with Crippen molar-refractivity contribution in [2.24, 2.45) is 0 Å². The van der Waals surface area contributed by atoms with Crippen molar-refractivity contribution in [3.05, 3.63) is 29.3 Å². The molecule has 0 radical (unpaired) electrons. The number of alkyl halides is 1. The Kier molecular flexibility index (Phi) is 3.84. The molecule has 0 aliphatic heterocycles. The van der Waals surface area contributed by atoms with Gasteiger partial charge in [0.1, 0.15) is 11.2 Å². The van der Waals surface area contributed by atoms with E-state index < -0.39 is 0 Å². The van der Waals surface area contributed by atoms with Gasteiger partial charge in [0, 0.05) is 6.07 Å². The van der Waals surface area contributed by atoms with Crippen molar-refractivity contribution in [1.29, 1.82) is 0 Å². The molecule has 0 bridgehead atoms. The summed E-state index contributed by atoms with van der Waals surface area (Å²) in [6, 6.07) is 8.05. The Morgan fingerprint density at radius 2 is 2.07 bits per heavy atom. The van der Waals surface area contributed by atoms with E-state index in [0.717, 1.165) is 21.8 Å². The molecule has 4 heteroatoms. The minimum atomic E-state index is -0.368. The molecule has 0 spiro atoms. The van der Waals surface area contributed by atoms with Crippen LogP contribution in [0.1, 0.15) is 11.9 Å². The molecular weight excluding hydrogens is 221 g/mol. The van der Waals surface area contributed by atoms with Crippen LogP contribution in [-0.2, 0) is 13.2 Å². The second-order valence-corrected chi connectivity index (χ2v) is 3.96. The predicted octanol–water partition coefficient (Wildman–Crippen LogP) is -0.318. The first-order chi connectivity index (χ1) is 6.36. The number of aromatic nitrogens is 1. The minimum absolute atomic E-state index is 0. The SMILES string of the molecule is CC[n+]1c(CF)sc2ccccc21.[Cl-]. The van der Waals surface area contributed by atoms with Crippen molar-refractivity contribution in [3.63, 3.8) is 0 Å². The van der Waals surface area contributed by atoms with Crippen molar-refractivity contribution in [2.75, 3.05) is 0 Å². The van der Waals surface area contributed by atoms with Gasteiger partial charge in [0.05, 0.1) is 0 Å². The van der Waals surface area contributed by atoms with Crippen LogP contribution in [0.15, 0.2) is 24.3 Å². The number of thiazole rings is 1. The predicted molar refractivity (Wildman–Crippen MR) is 52.5 cm³/mol. The molecule has 0 atom stereocenters. The van der Waals surface area contributed by atoms with Crippen LogP contribution in [0.4, 0.5) is 4.39 Å². The second kappa shape index (κ2) is 4.71. The zero-order valence-corrected chi connectivity index (χ0v) is 9.41. The number of hydrogen-bond donors (Lipinski definition) is 0. The highest BCUT2D eigenvalue weighted by atomic mass is 35.5. The van der Waals surface area contributed by atoms with E-state index in [4.69, 9.17) is 0 Å². The number of nitrogens with zero attached hydrogens (tertiary/aromatic N) is 1. The van der Waals surface area contributed by atoms with Gasteiger partial charge in [-0.3, -0.25) is 0 Å². The lowest BCUT2D eigenvalue weighted by atomic mass is 10.3. The third-order valence-electron chi connectivity index (χ3n) is 2.12. The summed E-state index contributed by atoms with van der Waals surface area (Å²) in [6.07, 6.45) is 0. The second-order valence-electron chi connectivity index (χ2n) is 2.84. The summed E-state index contributed by atoms with van der Waals surface area (Å²) in [5, 5.41) is 0.809. The van der Waals surface area contributed by atoms with Crippen LogP contribution in [0.25, 0.3) is 10.2 Å². The smallest absolute Gasteiger partial charge is 0.269 e. The molecular formula is C10H11ClFNS. The van der Waals surface area contributed by atoms with Gasteiger partial charge in [-0.1, -0.05) is 23.5 Å².